The van der Waals surface area contributed by atoms with E-state index in [1.54, 1.807) is 18.2 Å². The van der Waals surface area contributed by atoms with Gasteiger partial charge in [-0.15, -0.1) is 0 Å². The molecule has 1 atom stereocenters. The van der Waals surface area contributed by atoms with E-state index in [1.807, 2.05) is 6.92 Å². The van der Waals surface area contributed by atoms with Crippen LogP contribution in [0.15, 0.2) is 18.2 Å². The number of carbonyl (C=O) groups excluding carboxylic acids is 1. The van der Waals surface area contributed by atoms with Gasteiger partial charge in [0.2, 0.25) is 5.91 Å². The molecule has 1 heterocycles. The quantitative estimate of drug-likeness (QED) is 0.807. The number of carbonyl (C=O) groups is 2. The molecule has 2 rings (SSSR count). The van der Waals surface area contributed by atoms with Crippen LogP contribution >= 0.6 is 0 Å². The average molecular weight is 307 g/mol. The van der Waals surface area contributed by atoms with Crippen molar-refractivity contribution in [1.82, 2.24) is 0 Å². The molecule has 6 nitrogen and oxygen atoms in total. The van der Waals surface area contributed by atoms with Gasteiger partial charge in [0, 0.05) is 18.7 Å². The first kappa shape index (κ1) is 16.3. The molecule has 0 spiro atoms. The van der Waals surface area contributed by atoms with Crippen LogP contribution in [0.25, 0.3) is 0 Å². The number of hydrogen-bond donors (Lipinski definition) is 2. The van der Waals surface area contributed by atoms with Gasteiger partial charge < -0.3 is 19.9 Å². The first-order chi connectivity index (χ1) is 10.5. The zero-order valence-corrected chi connectivity index (χ0v) is 12.6. The van der Waals surface area contributed by atoms with E-state index in [2.05, 4.69) is 5.32 Å². The first-order valence-electron chi connectivity index (χ1n) is 7.41. The largest absolute Gasteiger partial charge is 0.482 e. The number of carboxylic acid groups (broad SMARTS) is 1. The van der Waals surface area contributed by atoms with Gasteiger partial charge in [-0.1, -0.05) is 0 Å². The van der Waals surface area contributed by atoms with E-state index in [9.17, 15) is 9.59 Å². The van der Waals surface area contributed by atoms with Crippen molar-refractivity contribution >= 4 is 17.6 Å². The van der Waals surface area contributed by atoms with E-state index in [0.717, 1.165) is 31.4 Å². The number of aryl methyl sites for hydroxylation is 1. The van der Waals surface area contributed by atoms with Crippen molar-refractivity contribution < 1.29 is 24.2 Å². The standard InChI is InChI=1S/C16H21NO5/c1-11-9-13(22-10-16(19)20)4-6-14(11)17-15(18)7-5-12-3-2-8-21-12/h4,6,9,12H,2-3,5,7-8,10H2,1H3,(H,17,18)(H,19,20). The topological polar surface area (TPSA) is 84.9 Å². The number of anilines is 1. The predicted octanol–water partition coefficient (Wildman–Crippen LogP) is 2.36. The molecule has 1 aliphatic heterocycles. The van der Waals surface area contributed by atoms with Crippen molar-refractivity contribution in [3.63, 3.8) is 0 Å². The molecule has 1 aliphatic rings. The number of benzene rings is 1. The molecule has 1 aromatic carbocycles. The Morgan fingerprint density at radius 2 is 2.27 bits per heavy atom. The minimum absolute atomic E-state index is 0.0437. The fourth-order valence-electron chi connectivity index (χ4n) is 2.39. The number of nitrogens with one attached hydrogen (secondary N) is 1. The van der Waals surface area contributed by atoms with Crippen molar-refractivity contribution in [2.24, 2.45) is 0 Å². The summed E-state index contributed by atoms with van der Waals surface area (Å²) in [7, 11) is 0. The lowest BCUT2D eigenvalue weighted by Crippen LogP contribution is -2.16. The van der Waals surface area contributed by atoms with Gasteiger partial charge in [-0.2, -0.15) is 0 Å². The second-order valence-electron chi connectivity index (χ2n) is 5.38. The maximum Gasteiger partial charge on any atom is 0.341 e. The number of carboxylic acids is 1. The summed E-state index contributed by atoms with van der Waals surface area (Å²) in [6, 6.07) is 5.07. The molecule has 1 amide bonds. The Kier molecular flexibility index (Phi) is 5.77. The molecular formula is C16H21NO5. The van der Waals surface area contributed by atoms with Crippen LogP contribution < -0.4 is 10.1 Å². The van der Waals surface area contributed by atoms with Crippen molar-refractivity contribution in [2.45, 2.75) is 38.7 Å². The molecule has 0 radical (unpaired) electrons. The van der Waals surface area contributed by atoms with Gasteiger partial charge in [-0.3, -0.25) is 4.79 Å². The van der Waals surface area contributed by atoms with E-state index in [-0.39, 0.29) is 18.6 Å². The maximum absolute atomic E-state index is 11.9. The van der Waals surface area contributed by atoms with Crippen LogP contribution in [0, 0.1) is 6.92 Å². The van der Waals surface area contributed by atoms with Gasteiger partial charge in [0.15, 0.2) is 6.61 Å². The fraction of sp³-hybridized carbons (Fsp3) is 0.500. The Labute approximate surface area is 129 Å². The van der Waals surface area contributed by atoms with Gasteiger partial charge in [0.05, 0.1) is 6.10 Å². The Morgan fingerprint density at radius 3 is 2.91 bits per heavy atom. The highest BCUT2D eigenvalue weighted by molar-refractivity contribution is 5.91. The molecule has 6 heteroatoms. The number of aliphatic carboxylic acids is 1. The molecule has 1 saturated heterocycles. The molecule has 0 aromatic heterocycles. The second-order valence-corrected chi connectivity index (χ2v) is 5.38. The number of amides is 1. The molecule has 0 aliphatic carbocycles. The summed E-state index contributed by atoms with van der Waals surface area (Å²) < 4.78 is 10.6. The number of rotatable bonds is 7. The predicted molar refractivity (Wildman–Crippen MR) is 81.1 cm³/mol. The summed E-state index contributed by atoms with van der Waals surface area (Å²) in [5.74, 6) is -0.598. The zero-order chi connectivity index (χ0) is 15.9. The lowest BCUT2D eigenvalue weighted by atomic mass is 10.1. The molecule has 0 saturated carbocycles. The lowest BCUT2D eigenvalue weighted by Gasteiger charge is -2.12. The molecule has 22 heavy (non-hydrogen) atoms. The third kappa shape index (κ3) is 5.04. The van der Waals surface area contributed by atoms with Crippen molar-refractivity contribution in [1.29, 1.82) is 0 Å². The van der Waals surface area contributed by atoms with Crippen LogP contribution in [0.3, 0.4) is 0 Å². The molecule has 120 valence electrons. The highest BCUT2D eigenvalue weighted by Gasteiger charge is 2.17. The van der Waals surface area contributed by atoms with E-state index < -0.39 is 5.97 Å². The van der Waals surface area contributed by atoms with Crippen molar-refractivity contribution in [3.8, 4) is 5.75 Å². The van der Waals surface area contributed by atoms with Gasteiger partial charge in [-0.25, -0.2) is 4.79 Å². The van der Waals surface area contributed by atoms with Crippen molar-refractivity contribution in [3.05, 3.63) is 23.8 Å². The third-order valence-corrected chi connectivity index (χ3v) is 3.55. The summed E-state index contributed by atoms with van der Waals surface area (Å²) in [4.78, 5) is 22.4. The number of ether oxygens (including phenoxy) is 2. The summed E-state index contributed by atoms with van der Waals surface area (Å²) in [6.07, 6.45) is 3.48. The van der Waals surface area contributed by atoms with E-state index in [4.69, 9.17) is 14.6 Å². The summed E-state index contributed by atoms with van der Waals surface area (Å²) in [5.41, 5.74) is 1.54. The van der Waals surface area contributed by atoms with Gasteiger partial charge >= 0.3 is 5.97 Å². The molecular weight excluding hydrogens is 286 g/mol. The van der Waals surface area contributed by atoms with E-state index in [1.165, 1.54) is 0 Å². The molecule has 1 unspecified atom stereocenters. The smallest absolute Gasteiger partial charge is 0.341 e. The molecule has 2 N–H and O–H groups in total. The monoisotopic (exact) mass is 307 g/mol. The van der Waals surface area contributed by atoms with Crippen LogP contribution in [-0.4, -0.2) is 36.3 Å². The minimum atomic E-state index is -1.02. The van der Waals surface area contributed by atoms with Crippen LogP contribution in [0.1, 0.15) is 31.2 Å². The molecule has 1 fully saturated rings. The minimum Gasteiger partial charge on any atom is -0.482 e. The van der Waals surface area contributed by atoms with Gasteiger partial charge in [0.1, 0.15) is 5.75 Å². The highest BCUT2D eigenvalue weighted by Crippen LogP contribution is 2.22. The van der Waals surface area contributed by atoms with E-state index in [0.29, 0.717) is 17.9 Å². The SMILES string of the molecule is Cc1cc(OCC(=O)O)ccc1NC(=O)CCC1CCCO1. The Morgan fingerprint density at radius 1 is 1.45 bits per heavy atom. The summed E-state index contributed by atoms with van der Waals surface area (Å²) in [5, 5.41) is 11.4. The van der Waals surface area contributed by atoms with Crippen LogP contribution in [0.2, 0.25) is 0 Å². The Bertz CT molecular complexity index is 537. The molecule has 0 bridgehead atoms. The van der Waals surface area contributed by atoms with Crippen LogP contribution in [-0.2, 0) is 14.3 Å². The number of hydrogen-bond acceptors (Lipinski definition) is 4. The van der Waals surface area contributed by atoms with Crippen LogP contribution in [0.5, 0.6) is 5.75 Å². The zero-order valence-electron chi connectivity index (χ0n) is 12.6. The molecule has 1 aromatic rings. The van der Waals surface area contributed by atoms with Gasteiger partial charge in [-0.05, 0) is 49.9 Å². The Balaban J connectivity index is 1.83. The van der Waals surface area contributed by atoms with Crippen molar-refractivity contribution in [2.75, 3.05) is 18.5 Å². The van der Waals surface area contributed by atoms with Gasteiger partial charge in [0.25, 0.3) is 0 Å². The fourth-order valence-corrected chi connectivity index (χ4v) is 2.39. The summed E-state index contributed by atoms with van der Waals surface area (Å²) in [6.45, 7) is 2.25. The normalized spacial score (nSPS) is 17.2. The second kappa shape index (κ2) is 7.79. The average Bonchev–Trinajstić information content (AvgIpc) is 2.99. The van der Waals surface area contributed by atoms with E-state index >= 15 is 0 Å². The third-order valence-electron chi connectivity index (χ3n) is 3.55. The first-order valence-corrected chi connectivity index (χ1v) is 7.41. The Hall–Kier alpha value is -2.08. The highest BCUT2D eigenvalue weighted by atomic mass is 16.5. The van der Waals surface area contributed by atoms with Crippen LogP contribution in [0.4, 0.5) is 5.69 Å². The summed E-state index contributed by atoms with van der Waals surface area (Å²) >= 11 is 0. The lowest BCUT2D eigenvalue weighted by molar-refractivity contribution is -0.139. The maximum atomic E-state index is 11.9.